The van der Waals surface area contributed by atoms with Crippen LogP contribution < -0.4 is 4.74 Å². The second-order valence-electron chi connectivity index (χ2n) is 4.05. The van der Waals surface area contributed by atoms with Gasteiger partial charge in [0.25, 0.3) is 0 Å². The van der Waals surface area contributed by atoms with E-state index in [1.807, 2.05) is 12.1 Å². The molecule has 3 rings (SSSR count). The molecule has 86 valence electrons. The molecule has 1 saturated carbocycles. The van der Waals surface area contributed by atoms with Crippen LogP contribution in [0.1, 0.15) is 28.9 Å². The van der Waals surface area contributed by atoms with E-state index in [4.69, 9.17) is 4.74 Å². The van der Waals surface area contributed by atoms with Gasteiger partial charge < -0.3 is 4.74 Å². The molecule has 1 heterocycles. The largest absolute Gasteiger partial charge is 0.490 e. The third kappa shape index (κ3) is 2.36. The number of nitrogens with zero attached hydrogens (tertiary/aromatic N) is 1. The summed E-state index contributed by atoms with van der Waals surface area (Å²) >= 11 is 1.42. The van der Waals surface area contributed by atoms with E-state index in [0.29, 0.717) is 17.4 Å². The van der Waals surface area contributed by atoms with Crippen LogP contribution in [0.3, 0.4) is 0 Å². The highest BCUT2D eigenvalue weighted by molar-refractivity contribution is 7.07. The topological polar surface area (TPSA) is 39.2 Å². The molecule has 17 heavy (non-hydrogen) atoms. The summed E-state index contributed by atoms with van der Waals surface area (Å²) in [5, 5.41) is 1.76. The number of thiazole rings is 1. The van der Waals surface area contributed by atoms with E-state index in [2.05, 4.69) is 4.98 Å². The van der Waals surface area contributed by atoms with Crippen molar-refractivity contribution in [1.29, 1.82) is 0 Å². The summed E-state index contributed by atoms with van der Waals surface area (Å²) in [6, 6.07) is 7.31. The van der Waals surface area contributed by atoms with Gasteiger partial charge in [-0.3, -0.25) is 4.79 Å². The fourth-order valence-corrected chi connectivity index (χ4v) is 2.09. The summed E-state index contributed by atoms with van der Waals surface area (Å²) in [6.45, 7) is 0. The van der Waals surface area contributed by atoms with Crippen LogP contribution in [0.15, 0.2) is 35.2 Å². The Morgan fingerprint density at radius 3 is 3.00 bits per heavy atom. The maximum atomic E-state index is 12.0. The van der Waals surface area contributed by atoms with Crippen LogP contribution in [-0.2, 0) is 0 Å². The molecule has 1 aromatic carbocycles. The molecule has 0 spiro atoms. The van der Waals surface area contributed by atoms with Crippen LogP contribution in [-0.4, -0.2) is 16.9 Å². The molecule has 0 amide bonds. The van der Waals surface area contributed by atoms with Crippen molar-refractivity contribution in [1.82, 2.24) is 4.98 Å². The van der Waals surface area contributed by atoms with Crippen LogP contribution in [0.25, 0.3) is 0 Å². The van der Waals surface area contributed by atoms with Crippen molar-refractivity contribution in [3.8, 4) is 5.75 Å². The molecule has 0 aliphatic heterocycles. The first-order valence-corrected chi connectivity index (χ1v) is 6.47. The maximum absolute atomic E-state index is 12.0. The van der Waals surface area contributed by atoms with E-state index < -0.39 is 0 Å². The lowest BCUT2D eigenvalue weighted by Crippen LogP contribution is -2.03. The normalized spacial score (nSPS) is 14.6. The van der Waals surface area contributed by atoms with Gasteiger partial charge in [0.15, 0.2) is 0 Å². The van der Waals surface area contributed by atoms with E-state index in [0.717, 1.165) is 18.6 Å². The molecule has 0 N–H and O–H groups in total. The molecule has 0 atom stereocenters. The first kappa shape index (κ1) is 10.5. The second-order valence-corrected chi connectivity index (χ2v) is 4.77. The van der Waals surface area contributed by atoms with E-state index in [1.54, 1.807) is 23.0 Å². The fraction of sp³-hybridized carbons (Fsp3) is 0.231. The van der Waals surface area contributed by atoms with Crippen LogP contribution in [0.4, 0.5) is 0 Å². The molecular formula is C13H11NO2S. The van der Waals surface area contributed by atoms with Crippen molar-refractivity contribution < 1.29 is 9.53 Å². The summed E-state index contributed by atoms with van der Waals surface area (Å²) in [5.41, 5.74) is 2.80. The number of hydrogen-bond donors (Lipinski definition) is 0. The van der Waals surface area contributed by atoms with E-state index in [1.165, 1.54) is 11.3 Å². The first-order chi connectivity index (χ1) is 8.33. The molecular weight excluding hydrogens is 234 g/mol. The number of ether oxygens (including phenoxy) is 1. The average Bonchev–Trinajstić information content (AvgIpc) is 2.99. The molecule has 1 fully saturated rings. The standard InChI is InChI=1S/C13H11NO2S/c15-13(12-7-17-8-14-12)9-2-1-3-11(6-9)16-10-4-5-10/h1-3,6-8,10H,4-5H2. The molecule has 1 aromatic heterocycles. The zero-order valence-electron chi connectivity index (χ0n) is 9.13. The Kier molecular flexibility index (Phi) is 2.65. The number of ketones is 1. The van der Waals surface area contributed by atoms with Crippen LogP contribution in [0.2, 0.25) is 0 Å². The van der Waals surface area contributed by atoms with Crippen molar-refractivity contribution in [2.75, 3.05) is 0 Å². The van der Waals surface area contributed by atoms with Crippen molar-refractivity contribution in [2.45, 2.75) is 18.9 Å². The number of carbonyl (C=O) groups is 1. The number of aromatic nitrogens is 1. The zero-order chi connectivity index (χ0) is 11.7. The Bertz CT molecular complexity index is 532. The zero-order valence-corrected chi connectivity index (χ0v) is 9.94. The minimum absolute atomic E-state index is 0.0486. The van der Waals surface area contributed by atoms with Gasteiger partial charge >= 0.3 is 0 Å². The van der Waals surface area contributed by atoms with Gasteiger partial charge in [-0.15, -0.1) is 11.3 Å². The maximum Gasteiger partial charge on any atom is 0.212 e. The molecule has 0 radical (unpaired) electrons. The minimum atomic E-state index is -0.0486. The number of hydrogen-bond acceptors (Lipinski definition) is 4. The molecule has 1 aliphatic carbocycles. The number of rotatable bonds is 4. The number of benzene rings is 1. The smallest absolute Gasteiger partial charge is 0.212 e. The summed E-state index contributed by atoms with van der Waals surface area (Å²) < 4.78 is 5.66. The second kappa shape index (κ2) is 4.30. The van der Waals surface area contributed by atoms with Gasteiger partial charge in [-0.25, -0.2) is 4.98 Å². The summed E-state index contributed by atoms with van der Waals surface area (Å²) in [5.74, 6) is 0.723. The highest BCUT2D eigenvalue weighted by Gasteiger charge is 2.23. The van der Waals surface area contributed by atoms with Crippen molar-refractivity contribution >= 4 is 17.1 Å². The van der Waals surface area contributed by atoms with Gasteiger partial charge in [-0.1, -0.05) is 12.1 Å². The molecule has 4 heteroatoms. The van der Waals surface area contributed by atoms with Gasteiger partial charge in [-0.05, 0) is 25.0 Å². The SMILES string of the molecule is O=C(c1cccc(OC2CC2)c1)c1cscn1. The van der Waals surface area contributed by atoms with Gasteiger partial charge in [0.1, 0.15) is 11.4 Å². The molecule has 1 aliphatic rings. The Balaban J connectivity index is 1.84. The summed E-state index contributed by atoms with van der Waals surface area (Å²) in [7, 11) is 0. The predicted molar refractivity (Wildman–Crippen MR) is 65.6 cm³/mol. The van der Waals surface area contributed by atoms with E-state index >= 15 is 0 Å². The van der Waals surface area contributed by atoms with Crippen molar-refractivity contribution in [3.63, 3.8) is 0 Å². The molecule has 2 aromatic rings. The minimum Gasteiger partial charge on any atom is -0.490 e. The summed E-state index contributed by atoms with van der Waals surface area (Å²) in [4.78, 5) is 16.1. The van der Waals surface area contributed by atoms with Gasteiger partial charge in [-0.2, -0.15) is 0 Å². The lowest BCUT2D eigenvalue weighted by Gasteiger charge is -2.05. The van der Waals surface area contributed by atoms with E-state index in [-0.39, 0.29) is 5.78 Å². The van der Waals surface area contributed by atoms with Gasteiger partial charge in [0.2, 0.25) is 5.78 Å². The predicted octanol–water partition coefficient (Wildman–Crippen LogP) is 2.92. The van der Waals surface area contributed by atoms with Crippen LogP contribution >= 0.6 is 11.3 Å². The third-order valence-corrected chi connectivity index (χ3v) is 3.17. The summed E-state index contributed by atoms with van der Waals surface area (Å²) in [6.07, 6.45) is 2.58. The molecule has 3 nitrogen and oxygen atoms in total. The lowest BCUT2D eigenvalue weighted by molar-refractivity contribution is 0.103. The first-order valence-electron chi connectivity index (χ1n) is 5.52. The quantitative estimate of drug-likeness (QED) is 0.777. The van der Waals surface area contributed by atoms with Crippen molar-refractivity contribution in [2.24, 2.45) is 0 Å². The molecule has 0 unspecified atom stereocenters. The van der Waals surface area contributed by atoms with Gasteiger partial charge in [0, 0.05) is 10.9 Å². The average molecular weight is 245 g/mol. The fourth-order valence-electron chi connectivity index (χ4n) is 1.56. The van der Waals surface area contributed by atoms with Gasteiger partial charge in [0.05, 0.1) is 11.6 Å². The van der Waals surface area contributed by atoms with Crippen molar-refractivity contribution in [3.05, 3.63) is 46.4 Å². The molecule has 0 saturated heterocycles. The third-order valence-electron chi connectivity index (χ3n) is 2.59. The Hall–Kier alpha value is -1.68. The Morgan fingerprint density at radius 2 is 2.29 bits per heavy atom. The Morgan fingerprint density at radius 1 is 1.41 bits per heavy atom. The Labute approximate surface area is 103 Å². The highest BCUT2D eigenvalue weighted by Crippen LogP contribution is 2.27. The molecule has 0 bridgehead atoms. The number of carbonyl (C=O) groups excluding carboxylic acids is 1. The van der Waals surface area contributed by atoms with Crippen LogP contribution in [0, 0.1) is 0 Å². The van der Waals surface area contributed by atoms with E-state index in [9.17, 15) is 4.79 Å². The monoisotopic (exact) mass is 245 g/mol. The lowest BCUT2D eigenvalue weighted by atomic mass is 10.1. The highest BCUT2D eigenvalue weighted by atomic mass is 32.1. The van der Waals surface area contributed by atoms with Crippen LogP contribution in [0.5, 0.6) is 5.75 Å².